The molecule has 2 aromatic rings. The zero-order valence-electron chi connectivity index (χ0n) is 8.91. The maximum atomic E-state index is 13.2. The zero-order chi connectivity index (χ0) is 12.3. The van der Waals surface area contributed by atoms with E-state index < -0.39 is 0 Å². The van der Waals surface area contributed by atoms with Gasteiger partial charge < -0.3 is 10.1 Å². The molecule has 0 aliphatic carbocycles. The zero-order valence-corrected chi connectivity index (χ0v) is 11.3. The molecule has 7 heteroatoms. The van der Waals surface area contributed by atoms with Crippen molar-refractivity contribution in [2.45, 2.75) is 6.61 Å². The highest BCUT2D eigenvalue weighted by atomic mass is 79.9. The monoisotopic (exact) mass is 317 g/mol. The number of nitrogens with one attached hydrogen (secondary N) is 1. The topological polar surface area (TPSA) is 47.0 Å². The van der Waals surface area contributed by atoms with Gasteiger partial charge in [-0.05, 0) is 28.1 Å². The Labute approximate surface area is 110 Å². The van der Waals surface area contributed by atoms with Crippen LogP contribution in [-0.4, -0.2) is 16.6 Å². The second-order valence-corrected chi connectivity index (χ2v) is 4.77. The van der Waals surface area contributed by atoms with E-state index in [1.165, 1.54) is 17.6 Å². The quantitative estimate of drug-likeness (QED) is 0.941. The molecule has 90 valence electrons. The molecule has 1 heterocycles. The number of nitrogens with zero attached hydrogens (tertiary/aromatic N) is 2. The van der Waals surface area contributed by atoms with Crippen molar-refractivity contribution in [2.75, 3.05) is 12.4 Å². The van der Waals surface area contributed by atoms with Gasteiger partial charge in [-0.3, -0.25) is 0 Å². The molecule has 0 saturated carbocycles. The average molecular weight is 318 g/mol. The van der Waals surface area contributed by atoms with Crippen LogP contribution < -0.4 is 10.1 Å². The van der Waals surface area contributed by atoms with E-state index in [0.29, 0.717) is 15.9 Å². The highest BCUT2D eigenvalue weighted by molar-refractivity contribution is 9.10. The summed E-state index contributed by atoms with van der Waals surface area (Å²) in [6.45, 7) is 0.258. The number of aromatic nitrogens is 2. The van der Waals surface area contributed by atoms with Crippen molar-refractivity contribution in [1.82, 2.24) is 9.59 Å². The molecule has 0 spiro atoms. The Hall–Kier alpha value is -1.21. The fraction of sp³-hybridized carbons (Fsp3) is 0.200. The van der Waals surface area contributed by atoms with E-state index in [2.05, 4.69) is 30.8 Å². The second kappa shape index (κ2) is 5.42. The van der Waals surface area contributed by atoms with Crippen LogP contribution in [0.3, 0.4) is 0 Å². The Kier molecular flexibility index (Phi) is 3.90. The van der Waals surface area contributed by atoms with Crippen LogP contribution in [0.5, 0.6) is 5.75 Å². The number of hydrogen-bond acceptors (Lipinski definition) is 5. The molecular weight excluding hydrogens is 309 g/mol. The summed E-state index contributed by atoms with van der Waals surface area (Å²) in [5.74, 6) is 0.105. The van der Waals surface area contributed by atoms with Crippen LogP contribution in [0.15, 0.2) is 22.7 Å². The minimum atomic E-state index is -0.354. The Morgan fingerprint density at radius 1 is 1.53 bits per heavy atom. The van der Waals surface area contributed by atoms with Crippen LogP contribution in [0.2, 0.25) is 0 Å². The Morgan fingerprint density at radius 2 is 2.35 bits per heavy atom. The van der Waals surface area contributed by atoms with E-state index in [-0.39, 0.29) is 12.4 Å². The smallest absolute Gasteiger partial charge is 0.141 e. The molecule has 0 atom stereocenters. The second-order valence-electron chi connectivity index (χ2n) is 3.16. The first-order valence-electron chi connectivity index (χ1n) is 4.77. The lowest BCUT2D eigenvalue weighted by Gasteiger charge is -2.05. The molecule has 1 N–H and O–H groups in total. The van der Waals surface area contributed by atoms with Gasteiger partial charge in [0.25, 0.3) is 0 Å². The first-order chi connectivity index (χ1) is 8.20. The van der Waals surface area contributed by atoms with Gasteiger partial charge in [0.2, 0.25) is 0 Å². The maximum absolute atomic E-state index is 13.2. The molecule has 1 aromatic carbocycles. The largest absolute Gasteiger partial charge is 0.487 e. The number of benzene rings is 1. The van der Waals surface area contributed by atoms with Crippen molar-refractivity contribution < 1.29 is 9.13 Å². The third-order valence-electron chi connectivity index (χ3n) is 2.05. The van der Waals surface area contributed by atoms with Crippen molar-refractivity contribution >= 4 is 32.5 Å². The molecule has 0 radical (unpaired) electrons. The summed E-state index contributed by atoms with van der Waals surface area (Å²) in [6.07, 6.45) is 0. The molecule has 0 unspecified atom stereocenters. The third kappa shape index (κ3) is 2.92. The first-order valence-corrected chi connectivity index (χ1v) is 6.34. The molecule has 4 nitrogen and oxygen atoms in total. The normalized spacial score (nSPS) is 10.3. The Bertz CT molecular complexity index is 520. The summed E-state index contributed by atoms with van der Waals surface area (Å²) in [5, 5.41) is 7.73. The molecule has 2 rings (SSSR count). The van der Waals surface area contributed by atoms with E-state index >= 15 is 0 Å². The molecule has 0 fully saturated rings. The Morgan fingerprint density at radius 3 is 3.06 bits per heavy atom. The summed E-state index contributed by atoms with van der Waals surface area (Å²) in [4.78, 5) is 0. The summed E-state index contributed by atoms with van der Waals surface area (Å²) in [6, 6.07) is 4.61. The van der Waals surface area contributed by atoms with Gasteiger partial charge in [0.05, 0.1) is 4.47 Å². The SMILES string of the molecule is CNc1snnc1COc1ccc(Br)c(F)c1. The van der Waals surface area contributed by atoms with E-state index in [1.807, 2.05) is 0 Å². The van der Waals surface area contributed by atoms with E-state index in [4.69, 9.17) is 4.74 Å². The van der Waals surface area contributed by atoms with Crippen LogP contribution >= 0.6 is 27.5 Å². The van der Waals surface area contributed by atoms with Gasteiger partial charge in [0.1, 0.15) is 28.9 Å². The molecule has 0 aliphatic rings. The molecule has 0 aliphatic heterocycles. The van der Waals surface area contributed by atoms with Gasteiger partial charge in [-0.15, -0.1) is 5.10 Å². The molecule has 0 saturated heterocycles. The standard InChI is InChI=1S/C10H9BrFN3OS/c1-13-10-9(14-15-17-10)5-16-6-2-3-7(11)8(12)4-6/h2-4,13H,5H2,1H3. The van der Waals surface area contributed by atoms with Crippen LogP contribution in [0.4, 0.5) is 9.39 Å². The van der Waals surface area contributed by atoms with Crippen molar-refractivity contribution in [3.05, 3.63) is 34.2 Å². The summed E-state index contributed by atoms with van der Waals surface area (Å²) in [5.41, 5.74) is 0.709. The number of hydrogen-bond donors (Lipinski definition) is 1. The van der Waals surface area contributed by atoms with Gasteiger partial charge >= 0.3 is 0 Å². The van der Waals surface area contributed by atoms with Crippen molar-refractivity contribution in [1.29, 1.82) is 0 Å². The summed E-state index contributed by atoms with van der Waals surface area (Å²) >= 11 is 4.34. The summed E-state index contributed by atoms with van der Waals surface area (Å²) in [7, 11) is 1.79. The lowest BCUT2D eigenvalue weighted by molar-refractivity contribution is 0.300. The molecule has 0 bridgehead atoms. The molecule has 1 aromatic heterocycles. The number of halogens is 2. The number of anilines is 1. The van der Waals surface area contributed by atoms with Crippen molar-refractivity contribution in [3.63, 3.8) is 0 Å². The van der Waals surface area contributed by atoms with Crippen molar-refractivity contribution in [2.24, 2.45) is 0 Å². The van der Waals surface area contributed by atoms with Crippen molar-refractivity contribution in [3.8, 4) is 5.75 Å². The highest BCUT2D eigenvalue weighted by Crippen LogP contribution is 2.23. The predicted molar refractivity (Wildman–Crippen MR) is 67.9 cm³/mol. The van der Waals surface area contributed by atoms with Gasteiger partial charge in [-0.2, -0.15) is 0 Å². The number of rotatable bonds is 4. The van der Waals surface area contributed by atoms with Crippen LogP contribution in [0.25, 0.3) is 0 Å². The highest BCUT2D eigenvalue weighted by Gasteiger charge is 2.08. The number of ether oxygens (including phenoxy) is 1. The van der Waals surface area contributed by atoms with Gasteiger partial charge in [0, 0.05) is 24.6 Å². The van der Waals surface area contributed by atoms with Crippen LogP contribution in [0.1, 0.15) is 5.69 Å². The molecule has 17 heavy (non-hydrogen) atoms. The molecule has 0 amide bonds. The lowest BCUT2D eigenvalue weighted by Crippen LogP contribution is -1.99. The summed E-state index contributed by atoms with van der Waals surface area (Å²) < 4.78 is 22.9. The fourth-order valence-electron chi connectivity index (χ4n) is 1.21. The molecular formula is C10H9BrFN3OS. The van der Waals surface area contributed by atoms with Gasteiger partial charge in [0.15, 0.2) is 0 Å². The predicted octanol–water partition coefficient (Wildman–Crippen LogP) is 3.06. The maximum Gasteiger partial charge on any atom is 0.141 e. The average Bonchev–Trinajstić information content (AvgIpc) is 2.78. The van der Waals surface area contributed by atoms with E-state index in [1.54, 1.807) is 19.2 Å². The van der Waals surface area contributed by atoms with Gasteiger partial charge in [-0.1, -0.05) is 4.49 Å². The van der Waals surface area contributed by atoms with E-state index in [0.717, 1.165) is 5.00 Å². The fourth-order valence-corrected chi connectivity index (χ4v) is 1.98. The minimum absolute atomic E-state index is 0.258. The van der Waals surface area contributed by atoms with Crippen LogP contribution in [0, 0.1) is 5.82 Å². The van der Waals surface area contributed by atoms with E-state index in [9.17, 15) is 4.39 Å². The minimum Gasteiger partial charge on any atom is -0.487 e. The van der Waals surface area contributed by atoms with Gasteiger partial charge in [-0.25, -0.2) is 4.39 Å². The Balaban J connectivity index is 2.05. The first kappa shape index (κ1) is 12.3. The lowest BCUT2D eigenvalue weighted by atomic mass is 10.3. The third-order valence-corrected chi connectivity index (χ3v) is 3.48. The van der Waals surface area contributed by atoms with Crippen LogP contribution in [-0.2, 0) is 6.61 Å².